The van der Waals surface area contributed by atoms with E-state index in [1.54, 1.807) is 25.3 Å². The molecular weight excluding hydrogens is 366 g/mol. The molecule has 0 aliphatic carbocycles. The molecule has 0 radical (unpaired) electrons. The van der Waals surface area contributed by atoms with Crippen LogP contribution in [-0.4, -0.2) is 32.0 Å². The molecule has 0 bridgehead atoms. The number of ether oxygens (including phenoxy) is 1. The van der Waals surface area contributed by atoms with Gasteiger partial charge in [-0.05, 0) is 62.6 Å². The van der Waals surface area contributed by atoms with Crippen molar-refractivity contribution < 1.29 is 14.3 Å². The van der Waals surface area contributed by atoms with Crippen molar-refractivity contribution in [3.8, 4) is 5.75 Å². The second kappa shape index (κ2) is 9.28. The van der Waals surface area contributed by atoms with E-state index in [4.69, 9.17) is 10.5 Å². The standard InChI is InChI=1S/C23H27N3O3/c1-16-6-10-21(29-2)17(14-16)8-11-22(27)25-19-15-18(23(24)28)7-9-20(19)26-12-4-3-5-13-26/h6-11,14-15H,3-5,12-13H2,1-2H3,(H2,24,28)(H,25,27)/b11-8+. The Labute approximate surface area is 171 Å². The first kappa shape index (κ1) is 20.5. The number of rotatable bonds is 6. The van der Waals surface area contributed by atoms with Crippen LogP contribution < -0.4 is 20.7 Å². The SMILES string of the molecule is COc1ccc(C)cc1/C=C/C(=O)Nc1cc(C(N)=O)ccc1N1CCCCC1. The van der Waals surface area contributed by atoms with Gasteiger partial charge in [0, 0.05) is 30.3 Å². The van der Waals surface area contributed by atoms with Gasteiger partial charge >= 0.3 is 0 Å². The summed E-state index contributed by atoms with van der Waals surface area (Å²) in [5, 5.41) is 2.91. The average Bonchev–Trinajstić information content (AvgIpc) is 2.73. The Morgan fingerprint density at radius 3 is 2.55 bits per heavy atom. The smallest absolute Gasteiger partial charge is 0.248 e. The highest BCUT2D eigenvalue weighted by molar-refractivity contribution is 6.05. The van der Waals surface area contributed by atoms with Crippen molar-refractivity contribution in [2.45, 2.75) is 26.2 Å². The third kappa shape index (κ3) is 5.16. The lowest BCUT2D eigenvalue weighted by molar-refractivity contribution is -0.111. The number of hydrogen-bond acceptors (Lipinski definition) is 4. The molecule has 152 valence electrons. The third-order valence-electron chi connectivity index (χ3n) is 5.04. The van der Waals surface area contributed by atoms with Crippen molar-refractivity contribution >= 4 is 29.3 Å². The summed E-state index contributed by atoms with van der Waals surface area (Å²) in [6.07, 6.45) is 6.61. The second-order valence-corrected chi connectivity index (χ2v) is 7.21. The van der Waals surface area contributed by atoms with Gasteiger partial charge in [0.1, 0.15) is 5.75 Å². The Morgan fingerprint density at radius 2 is 1.86 bits per heavy atom. The number of nitrogens with two attached hydrogens (primary N) is 1. The van der Waals surface area contributed by atoms with E-state index in [0.29, 0.717) is 17.0 Å². The molecule has 1 heterocycles. The minimum Gasteiger partial charge on any atom is -0.496 e. The third-order valence-corrected chi connectivity index (χ3v) is 5.04. The van der Waals surface area contributed by atoms with Gasteiger partial charge in [-0.2, -0.15) is 0 Å². The zero-order chi connectivity index (χ0) is 20.8. The number of methoxy groups -OCH3 is 1. The van der Waals surface area contributed by atoms with Crippen molar-refractivity contribution in [1.29, 1.82) is 0 Å². The lowest BCUT2D eigenvalue weighted by atomic mass is 10.1. The monoisotopic (exact) mass is 393 g/mol. The van der Waals surface area contributed by atoms with Crippen molar-refractivity contribution in [3.05, 3.63) is 59.2 Å². The number of primary amides is 1. The van der Waals surface area contributed by atoms with Gasteiger partial charge in [-0.15, -0.1) is 0 Å². The zero-order valence-corrected chi connectivity index (χ0v) is 16.9. The predicted molar refractivity (Wildman–Crippen MR) is 116 cm³/mol. The molecular formula is C23H27N3O3. The minimum atomic E-state index is -0.522. The van der Waals surface area contributed by atoms with Gasteiger partial charge in [-0.3, -0.25) is 9.59 Å². The maximum absolute atomic E-state index is 12.6. The Bertz CT molecular complexity index is 931. The highest BCUT2D eigenvalue weighted by Crippen LogP contribution is 2.30. The van der Waals surface area contributed by atoms with Crippen molar-refractivity contribution in [3.63, 3.8) is 0 Å². The summed E-state index contributed by atoms with van der Waals surface area (Å²) in [7, 11) is 1.60. The molecule has 1 saturated heterocycles. The molecule has 0 unspecified atom stereocenters. The van der Waals surface area contributed by atoms with E-state index >= 15 is 0 Å². The highest BCUT2D eigenvalue weighted by atomic mass is 16.5. The van der Waals surface area contributed by atoms with Crippen molar-refractivity contribution in [2.75, 3.05) is 30.4 Å². The van der Waals surface area contributed by atoms with E-state index in [1.165, 1.54) is 12.5 Å². The fraction of sp³-hybridized carbons (Fsp3) is 0.304. The van der Waals surface area contributed by atoms with Crippen LogP contribution in [0.1, 0.15) is 40.7 Å². The molecule has 1 fully saturated rings. The van der Waals surface area contributed by atoms with E-state index in [0.717, 1.165) is 42.7 Å². The first-order valence-corrected chi connectivity index (χ1v) is 9.80. The summed E-state index contributed by atoms with van der Waals surface area (Å²) in [5.41, 5.74) is 9.19. The van der Waals surface area contributed by atoms with Gasteiger partial charge in [0.15, 0.2) is 0 Å². The van der Waals surface area contributed by atoms with Crippen LogP contribution in [0.5, 0.6) is 5.75 Å². The van der Waals surface area contributed by atoms with E-state index in [1.807, 2.05) is 31.2 Å². The van der Waals surface area contributed by atoms with Gasteiger partial charge in [-0.1, -0.05) is 11.6 Å². The summed E-state index contributed by atoms with van der Waals surface area (Å²) in [6, 6.07) is 11.0. The number of aryl methyl sites for hydroxylation is 1. The van der Waals surface area contributed by atoms with Crippen LogP contribution in [0.25, 0.3) is 6.08 Å². The Hall–Kier alpha value is -3.28. The topological polar surface area (TPSA) is 84.7 Å². The lowest BCUT2D eigenvalue weighted by Crippen LogP contribution is -2.30. The molecule has 2 amide bonds. The van der Waals surface area contributed by atoms with Crippen molar-refractivity contribution in [2.24, 2.45) is 5.73 Å². The van der Waals surface area contributed by atoms with E-state index in [2.05, 4.69) is 10.2 Å². The van der Waals surface area contributed by atoms with E-state index in [-0.39, 0.29) is 5.91 Å². The molecule has 1 aliphatic heterocycles. The molecule has 6 heteroatoms. The summed E-state index contributed by atoms with van der Waals surface area (Å²) in [4.78, 5) is 26.5. The highest BCUT2D eigenvalue weighted by Gasteiger charge is 2.17. The largest absolute Gasteiger partial charge is 0.496 e. The normalized spacial score (nSPS) is 14.1. The van der Waals surface area contributed by atoms with Gasteiger partial charge < -0.3 is 20.7 Å². The molecule has 29 heavy (non-hydrogen) atoms. The number of carbonyl (C=O) groups excluding carboxylic acids is 2. The number of anilines is 2. The van der Waals surface area contributed by atoms with E-state index in [9.17, 15) is 9.59 Å². The number of amides is 2. The van der Waals surface area contributed by atoms with Crippen molar-refractivity contribution in [1.82, 2.24) is 0 Å². The maximum Gasteiger partial charge on any atom is 0.248 e. The Balaban J connectivity index is 1.84. The summed E-state index contributed by atoms with van der Waals surface area (Å²) >= 11 is 0. The summed E-state index contributed by atoms with van der Waals surface area (Å²) in [5.74, 6) is -0.108. The number of nitrogens with one attached hydrogen (secondary N) is 1. The average molecular weight is 393 g/mol. The minimum absolute atomic E-state index is 0.284. The fourth-order valence-corrected chi connectivity index (χ4v) is 3.52. The lowest BCUT2D eigenvalue weighted by Gasteiger charge is -2.30. The van der Waals surface area contributed by atoms with Gasteiger partial charge in [0.05, 0.1) is 18.5 Å². The molecule has 0 spiro atoms. The summed E-state index contributed by atoms with van der Waals surface area (Å²) in [6.45, 7) is 3.83. The first-order chi connectivity index (χ1) is 14.0. The first-order valence-electron chi connectivity index (χ1n) is 9.80. The van der Waals surface area contributed by atoms with E-state index < -0.39 is 5.91 Å². The van der Waals surface area contributed by atoms with Crippen LogP contribution in [0.15, 0.2) is 42.5 Å². The van der Waals surface area contributed by atoms with Crippen LogP contribution in [0, 0.1) is 6.92 Å². The maximum atomic E-state index is 12.6. The van der Waals surface area contributed by atoms with Crippen LogP contribution in [0.4, 0.5) is 11.4 Å². The fourth-order valence-electron chi connectivity index (χ4n) is 3.52. The molecule has 6 nitrogen and oxygen atoms in total. The number of piperidine rings is 1. The van der Waals surface area contributed by atoms with Gasteiger partial charge in [-0.25, -0.2) is 0 Å². The molecule has 0 saturated carbocycles. The molecule has 3 N–H and O–H groups in total. The Morgan fingerprint density at radius 1 is 1.10 bits per heavy atom. The number of benzene rings is 2. The van der Waals surface area contributed by atoms with Crippen LogP contribution in [0.3, 0.4) is 0 Å². The Kier molecular flexibility index (Phi) is 6.54. The predicted octanol–water partition coefficient (Wildman–Crippen LogP) is 3.74. The van der Waals surface area contributed by atoms with Crippen LogP contribution in [0.2, 0.25) is 0 Å². The van der Waals surface area contributed by atoms with Crippen LogP contribution >= 0.6 is 0 Å². The molecule has 0 atom stereocenters. The molecule has 2 aromatic carbocycles. The van der Waals surface area contributed by atoms with Gasteiger partial charge in [0.25, 0.3) is 0 Å². The molecule has 2 aromatic rings. The second-order valence-electron chi connectivity index (χ2n) is 7.21. The number of nitrogens with zero attached hydrogens (tertiary/aromatic N) is 1. The molecule has 1 aliphatic rings. The number of hydrogen-bond donors (Lipinski definition) is 2. The molecule has 0 aromatic heterocycles. The van der Waals surface area contributed by atoms with Crippen LogP contribution in [-0.2, 0) is 4.79 Å². The van der Waals surface area contributed by atoms with Gasteiger partial charge in [0.2, 0.25) is 11.8 Å². The zero-order valence-electron chi connectivity index (χ0n) is 16.9. The summed E-state index contributed by atoms with van der Waals surface area (Å²) < 4.78 is 5.35. The quantitative estimate of drug-likeness (QED) is 0.732. The molecule has 3 rings (SSSR count). The number of carbonyl (C=O) groups is 2.